The Morgan fingerprint density at radius 1 is 0.926 bits per heavy atom. The average Bonchev–Trinajstić information content (AvgIpc) is 2.70. The molecule has 4 rings (SSSR count). The molecule has 134 valence electrons. The van der Waals surface area contributed by atoms with Crippen LogP contribution in [0, 0.1) is 0 Å². The second-order valence-corrected chi connectivity index (χ2v) is 7.40. The van der Waals surface area contributed by atoms with Crippen LogP contribution >= 0.6 is 11.8 Å². The van der Waals surface area contributed by atoms with Crippen LogP contribution in [-0.4, -0.2) is 11.8 Å². The van der Waals surface area contributed by atoms with Crippen molar-refractivity contribution in [1.29, 1.82) is 0 Å². The Balaban J connectivity index is 1.54. The zero-order valence-electron chi connectivity index (χ0n) is 14.6. The average molecular weight is 374 g/mol. The molecule has 0 atom stereocenters. The van der Waals surface area contributed by atoms with E-state index in [4.69, 9.17) is 0 Å². The van der Waals surface area contributed by atoms with Gasteiger partial charge in [-0.1, -0.05) is 42.1 Å². The molecule has 1 aliphatic rings. The van der Waals surface area contributed by atoms with E-state index >= 15 is 0 Å². The molecule has 0 aliphatic carbocycles. The first kappa shape index (κ1) is 17.4. The van der Waals surface area contributed by atoms with Crippen LogP contribution in [0.1, 0.15) is 22.3 Å². The number of aryl methyl sites for hydroxylation is 1. The Morgan fingerprint density at radius 2 is 1.70 bits per heavy atom. The smallest absolute Gasteiger partial charge is 0.255 e. The van der Waals surface area contributed by atoms with Crippen molar-refractivity contribution < 1.29 is 9.59 Å². The summed E-state index contributed by atoms with van der Waals surface area (Å²) in [5, 5.41) is 5.85. The molecule has 0 saturated carbocycles. The largest absolute Gasteiger partial charge is 0.326 e. The molecule has 2 N–H and O–H groups in total. The lowest BCUT2D eigenvalue weighted by Crippen LogP contribution is -2.20. The molecule has 0 radical (unpaired) electrons. The zero-order valence-corrected chi connectivity index (χ0v) is 15.4. The number of nitrogens with one attached hydrogen (secondary N) is 2. The van der Waals surface area contributed by atoms with Gasteiger partial charge in [0, 0.05) is 27.5 Å². The van der Waals surface area contributed by atoms with Crippen LogP contribution < -0.4 is 10.6 Å². The van der Waals surface area contributed by atoms with E-state index in [0.29, 0.717) is 18.4 Å². The fraction of sp³-hybridized carbons (Fsp3) is 0.0909. The number of carbonyl (C=O) groups excluding carboxylic acids is 2. The van der Waals surface area contributed by atoms with Crippen molar-refractivity contribution in [2.45, 2.75) is 22.6 Å². The van der Waals surface area contributed by atoms with Gasteiger partial charge in [0.2, 0.25) is 5.91 Å². The number of amides is 2. The first-order chi connectivity index (χ1) is 13.2. The molecule has 0 bridgehead atoms. The number of anilines is 2. The van der Waals surface area contributed by atoms with Crippen LogP contribution in [0.2, 0.25) is 0 Å². The molecule has 0 aromatic heterocycles. The number of rotatable bonds is 4. The number of para-hydroxylation sites is 1. The summed E-state index contributed by atoms with van der Waals surface area (Å²) in [5.74, 6) is -0.137. The predicted octanol–water partition coefficient (Wildman–Crippen LogP) is 4.97. The number of benzene rings is 3. The highest BCUT2D eigenvalue weighted by molar-refractivity contribution is 7.99. The minimum absolute atomic E-state index is 0.0200. The Labute approximate surface area is 162 Å². The fourth-order valence-electron chi connectivity index (χ4n) is 2.99. The van der Waals surface area contributed by atoms with Crippen LogP contribution in [0.5, 0.6) is 0 Å². The lowest BCUT2D eigenvalue weighted by Gasteiger charge is -2.17. The van der Waals surface area contributed by atoms with Gasteiger partial charge in [-0.3, -0.25) is 9.59 Å². The fourth-order valence-corrected chi connectivity index (χ4v) is 3.92. The maximum absolute atomic E-state index is 12.8. The summed E-state index contributed by atoms with van der Waals surface area (Å²) < 4.78 is 0. The number of fused-ring (bicyclic) bond motifs is 1. The number of carbonyl (C=O) groups is 2. The van der Waals surface area contributed by atoms with Crippen LogP contribution in [0.15, 0.2) is 82.6 Å². The summed E-state index contributed by atoms with van der Waals surface area (Å²) in [5.41, 5.74) is 3.16. The summed E-state index contributed by atoms with van der Waals surface area (Å²) in [6, 6.07) is 23.2. The van der Waals surface area contributed by atoms with Gasteiger partial charge < -0.3 is 10.6 Å². The highest BCUT2D eigenvalue weighted by Gasteiger charge is 2.17. The Kier molecular flexibility index (Phi) is 4.94. The van der Waals surface area contributed by atoms with E-state index in [1.807, 2.05) is 60.7 Å². The summed E-state index contributed by atoms with van der Waals surface area (Å²) >= 11 is 1.61. The molecular weight excluding hydrogens is 356 g/mol. The van der Waals surface area contributed by atoms with Crippen molar-refractivity contribution in [2.75, 3.05) is 10.6 Å². The molecule has 1 heterocycles. The SMILES string of the molecule is O=C1CCc2cc(C(=O)Nc3ccccc3Sc3ccccc3)ccc2N1. The molecule has 0 unspecified atom stereocenters. The summed E-state index contributed by atoms with van der Waals surface area (Å²) in [4.78, 5) is 26.3. The first-order valence-electron chi connectivity index (χ1n) is 8.75. The molecule has 0 saturated heterocycles. The third-order valence-electron chi connectivity index (χ3n) is 4.37. The van der Waals surface area contributed by atoms with Gasteiger partial charge in [0.1, 0.15) is 0 Å². The lowest BCUT2D eigenvalue weighted by molar-refractivity contribution is -0.116. The number of hydrogen-bond acceptors (Lipinski definition) is 3. The van der Waals surface area contributed by atoms with E-state index in [9.17, 15) is 9.59 Å². The van der Waals surface area contributed by atoms with Crippen molar-refractivity contribution in [2.24, 2.45) is 0 Å². The van der Waals surface area contributed by atoms with Gasteiger partial charge in [-0.15, -0.1) is 0 Å². The van der Waals surface area contributed by atoms with E-state index in [1.165, 1.54) is 0 Å². The van der Waals surface area contributed by atoms with E-state index in [-0.39, 0.29) is 11.8 Å². The summed E-state index contributed by atoms with van der Waals surface area (Å²) in [6.45, 7) is 0. The van der Waals surface area contributed by atoms with Crippen LogP contribution in [0.4, 0.5) is 11.4 Å². The molecule has 0 fully saturated rings. The number of hydrogen-bond donors (Lipinski definition) is 2. The maximum atomic E-state index is 12.8. The predicted molar refractivity (Wildman–Crippen MR) is 108 cm³/mol. The monoisotopic (exact) mass is 374 g/mol. The van der Waals surface area contributed by atoms with E-state index in [0.717, 1.165) is 26.7 Å². The van der Waals surface area contributed by atoms with Crippen LogP contribution in [0.25, 0.3) is 0 Å². The van der Waals surface area contributed by atoms with Gasteiger partial charge in [-0.25, -0.2) is 0 Å². The summed E-state index contributed by atoms with van der Waals surface area (Å²) in [6.07, 6.45) is 1.11. The standard InChI is InChI=1S/C22H18N2O2S/c25-21-13-11-15-14-16(10-12-18(15)23-21)22(26)24-19-8-4-5-9-20(19)27-17-6-2-1-3-7-17/h1-10,12,14H,11,13H2,(H,23,25)(H,24,26). The molecule has 3 aromatic carbocycles. The Bertz CT molecular complexity index is 1000. The Morgan fingerprint density at radius 3 is 2.56 bits per heavy atom. The van der Waals surface area contributed by atoms with Gasteiger partial charge in [0.05, 0.1) is 5.69 Å². The maximum Gasteiger partial charge on any atom is 0.255 e. The molecular formula is C22H18N2O2S. The highest BCUT2D eigenvalue weighted by Crippen LogP contribution is 2.33. The third-order valence-corrected chi connectivity index (χ3v) is 5.45. The van der Waals surface area contributed by atoms with E-state index < -0.39 is 0 Å². The van der Waals surface area contributed by atoms with Gasteiger partial charge >= 0.3 is 0 Å². The normalized spacial score (nSPS) is 12.8. The van der Waals surface area contributed by atoms with E-state index in [2.05, 4.69) is 10.6 Å². The van der Waals surface area contributed by atoms with E-state index in [1.54, 1.807) is 23.9 Å². The van der Waals surface area contributed by atoms with Crippen molar-refractivity contribution in [1.82, 2.24) is 0 Å². The molecule has 3 aromatic rings. The molecule has 5 heteroatoms. The van der Waals surface area contributed by atoms with Crippen molar-refractivity contribution >= 4 is 35.0 Å². The van der Waals surface area contributed by atoms with Crippen LogP contribution in [-0.2, 0) is 11.2 Å². The van der Waals surface area contributed by atoms with Gasteiger partial charge in [-0.05, 0) is 54.4 Å². The molecule has 1 aliphatic heterocycles. The zero-order chi connectivity index (χ0) is 18.6. The summed E-state index contributed by atoms with van der Waals surface area (Å²) in [7, 11) is 0. The minimum atomic E-state index is -0.157. The second kappa shape index (κ2) is 7.68. The molecule has 27 heavy (non-hydrogen) atoms. The van der Waals surface area contributed by atoms with Crippen LogP contribution in [0.3, 0.4) is 0 Å². The van der Waals surface area contributed by atoms with Gasteiger partial charge in [0.15, 0.2) is 0 Å². The van der Waals surface area contributed by atoms with Gasteiger partial charge in [0.25, 0.3) is 5.91 Å². The molecule has 2 amide bonds. The lowest BCUT2D eigenvalue weighted by atomic mass is 10.00. The third kappa shape index (κ3) is 4.04. The minimum Gasteiger partial charge on any atom is -0.326 e. The Hall–Kier alpha value is -3.05. The van der Waals surface area contributed by atoms with Crippen molar-refractivity contribution in [3.8, 4) is 0 Å². The molecule has 4 nitrogen and oxygen atoms in total. The van der Waals surface area contributed by atoms with Crippen molar-refractivity contribution in [3.05, 3.63) is 83.9 Å². The van der Waals surface area contributed by atoms with Gasteiger partial charge in [-0.2, -0.15) is 0 Å². The highest BCUT2D eigenvalue weighted by atomic mass is 32.2. The molecule has 0 spiro atoms. The van der Waals surface area contributed by atoms with Crippen molar-refractivity contribution in [3.63, 3.8) is 0 Å². The second-order valence-electron chi connectivity index (χ2n) is 6.29. The quantitative estimate of drug-likeness (QED) is 0.677. The topological polar surface area (TPSA) is 58.2 Å². The first-order valence-corrected chi connectivity index (χ1v) is 9.57.